The topological polar surface area (TPSA) is 108 Å². The third-order valence-corrected chi connectivity index (χ3v) is 7.85. The number of aromatic nitrogens is 1. The van der Waals surface area contributed by atoms with Gasteiger partial charge in [-0.15, -0.1) is 0 Å². The molecule has 2 aliphatic rings. The van der Waals surface area contributed by atoms with Crippen LogP contribution in [0.5, 0.6) is 5.75 Å². The van der Waals surface area contributed by atoms with Crippen LogP contribution in [0.2, 0.25) is 0 Å². The Morgan fingerprint density at radius 1 is 1.02 bits per heavy atom. The zero-order valence-electron chi connectivity index (χ0n) is 22.2. The Morgan fingerprint density at radius 3 is 2.68 bits per heavy atom. The SMILES string of the molecule is COc1cccc([C@H]2c3[nH]c4ccccc4c3C[C@H]3C(=O)N(c4ccccc4C(=O)NCc4ccco4)C(=O)N23)c1. The van der Waals surface area contributed by atoms with Crippen molar-refractivity contribution >= 4 is 34.4 Å². The lowest BCUT2D eigenvalue weighted by Crippen LogP contribution is -2.44. The van der Waals surface area contributed by atoms with Gasteiger partial charge in [0, 0.05) is 23.0 Å². The van der Waals surface area contributed by atoms with E-state index in [1.807, 2.05) is 48.5 Å². The molecule has 5 aromatic rings. The molecule has 2 N–H and O–H groups in total. The van der Waals surface area contributed by atoms with E-state index in [0.717, 1.165) is 32.6 Å². The van der Waals surface area contributed by atoms with Gasteiger partial charge in [0.25, 0.3) is 11.8 Å². The van der Waals surface area contributed by atoms with Gasteiger partial charge in [0.05, 0.1) is 31.2 Å². The summed E-state index contributed by atoms with van der Waals surface area (Å²) in [6.07, 6.45) is 1.89. The van der Waals surface area contributed by atoms with Crippen molar-refractivity contribution in [3.63, 3.8) is 0 Å². The molecule has 204 valence electrons. The smallest absolute Gasteiger partial charge is 0.332 e. The van der Waals surface area contributed by atoms with Gasteiger partial charge in [0.15, 0.2) is 0 Å². The molecular weight excluding hydrogens is 520 g/mol. The maximum Gasteiger partial charge on any atom is 0.332 e. The molecule has 4 amide bonds. The number of urea groups is 1. The average molecular weight is 547 g/mol. The number of nitrogens with zero attached hydrogens (tertiary/aromatic N) is 2. The fraction of sp³-hybridized carbons (Fsp3) is 0.156. The van der Waals surface area contributed by atoms with Gasteiger partial charge in [0.1, 0.15) is 23.6 Å². The fourth-order valence-corrected chi connectivity index (χ4v) is 5.99. The number of imide groups is 1. The minimum absolute atomic E-state index is 0.177. The highest BCUT2D eigenvalue weighted by Crippen LogP contribution is 2.45. The molecule has 0 bridgehead atoms. The molecule has 0 aliphatic carbocycles. The summed E-state index contributed by atoms with van der Waals surface area (Å²) in [5.74, 6) is 0.458. The number of benzene rings is 3. The molecule has 1 saturated heterocycles. The lowest BCUT2D eigenvalue weighted by atomic mass is 9.89. The molecule has 9 heteroatoms. The number of rotatable bonds is 6. The van der Waals surface area contributed by atoms with E-state index in [9.17, 15) is 14.4 Å². The quantitative estimate of drug-likeness (QED) is 0.285. The molecule has 2 aliphatic heterocycles. The van der Waals surface area contributed by atoms with Crippen LogP contribution in [0.4, 0.5) is 10.5 Å². The van der Waals surface area contributed by atoms with Crippen molar-refractivity contribution in [2.75, 3.05) is 12.0 Å². The fourth-order valence-electron chi connectivity index (χ4n) is 5.99. The first-order valence-corrected chi connectivity index (χ1v) is 13.3. The van der Waals surface area contributed by atoms with Crippen molar-refractivity contribution in [2.45, 2.75) is 25.0 Å². The molecule has 7 rings (SSSR count). The summed E-state index contributed by atoms with van der Waals surface area (Å²) in [6.45, 7) is 0.177. The van der Waals surface area contributed by atoms with Gasteiger partial charge in [-0.25, -0.2) is 9.69 Å². The Morgan fingerprint density at radius 2 is 1.85 bits per heavy atom. The summed E-state index contributed by atoms with van der Waals surface area (Å²) in [5.41, 5.74) is 4.09. The number of amides is 4. The molecule has 2 aromatic heterocycles. The van der Waals surface area contributed by atoms with Crippen LogP contribution in [-0.4, -0.2) is 40.9 Å². The van der Waals surface area contributed by atoms with Gasteiger partial charge >= 0.3 is 6.03 Å². The number of carbonyl (C=O) groups excluding carboxylic acids is 3. The molecule has 2 atom stereocenters. The second-order valence-electron chi connectivity index (χ2n) is 10.1. The van der Waals surface area contributed by atoms with Crippen molar-refractivity contribution in [1.82, 2.24) is 15.2 Å². The molecule has 4 heterocycles. The summed E-state index contributed by atoms with van der Waals surface area (Å²) in [6, 6.07) is 23.9. The van der Waals surface area contributed by atoms with E-state index in [0.29, 0.717) is 17.9 Å². The van der Waals surface area contributed by atoms with Crippen LogP contribution >= 0.6 is 0 Å². The number of hydrogen-bond acceptors (Lipinski definition) is 5. The number of aromatic amines is 1. The molecule has 41 heavy (non-hydrogen) atoms. The van der Waals surface area contributed by atoms with Crippen LogP contribution < -0.4 is 15.0 Å². The second-order valence-corrected chi connectivity index (χ2v) is 10.1. The number of furan rings is 1. The van der Waals surface area contributed by atoms with Crippen LogP contribution in [0.25, 0.3) is 10.9 Å². The van der Waals surface area contributed by atoms with E-state index >= 15 is 0 Å². The summed E-state index contributed by atoms with van der Waals surface area (Å²) in [4.78, 5) is 47.9. The maximum atomic E-state index is 14.3. The van der Waals surface area contributed by atoms with Gasteiger partial charge in [0.2, 0.25) is 0 Å². The lowest BCUT2D eigenvalue weighted by Gasteiger charge is -2.36. The van der Waals surface area contributed by atoms with Gasteiger partial charge in [-0.1, -0.05) is 42.5 Å². The van der Waals surface area contributed by atoms with Gasteiger partial charge in [-0.2, -0.15) is 0 Å². The molecule has 9 nitrogen and oxygen atoms in total. The van der Waals surface area contributed by atoms with Gasteiger partial charge in [-0.05, 0) is 53.6 Å². The highest BCUT2D eigenvalue weighted by atomic mass is 16.5. The number of carbonyl (C=O) groups is 3. The number of nitrogens with one attached hydrogen (secondary N) is 2. The van der Waals surface area contributed by atoms with Gasteiger partial charge in [-0.3, -0.25) is 14.5 Å². The number of H-pyrrole nitrogens is 1. The van der Waals surface area contributed by atoms with E-state index in [1.165, 1.54) is 6.26 Å². The molecular formula is C32H26N4O5. The lowest BCUT2D eigenvalue weighted by molar-refractivity contribution is -0.120. The second kappa shape index (κ2) is 9.71. The highest BCUT2D eigenvalue weighted by molar-refractivity contribution is 6.24. The Labute approximate surface area is 235 Å². The molecule has 0 radical (unpaired) electrons. The first-order valence-electron chi connectivity index (χ1n) is 13.3. The minimum atomic E-state index is -0.746. The Hall–Kier alpha value is -5.31. The molecule has 3 aromatic carbocycles. The normalized spacial score (nSPS) is 18.0. The summed E-state index contributed by atoms with van der Waals surface area (Å²) in [7, 11) is 1.59. The summed E-state index contributed by atoms with van der Waals surface area (Å²) in [5, 5.41) is 3.84. The predicted molar refractivity (Wildman–Crippen MR) is 152 cm³/mol. The zero-order valence-corrected chi connectivity index (χ0v) is 22.2. The monoisotopic (exact) mass is 546 g/mol. The maximum absolute atomic E-state index is 14.3. The number of para-hydroxylation sites is 2. The van der Waals surface area contributed by atoms with Crippen LogP contribution in [-0.2, 0) is 17.8 Å². The Bertz CT molecular complexity index is 1810. The zero-order chi connectivity index (χ0) is 28.1. The summed E-state index contributed by atoms with van der Waals surface area (Å²) < 4.78 is 10.8. The van der Waals surface area contributed by atoms with Crippen LogP contribution in [0.3, 0.4) is 0 Å². The van der Waals surface area contributed by atoms with E-state index in [4.69, 9.17) is 9.15 Å². The van der Waals surface area contributed by atoms with Crippen molar-refractivity contribution in [2.24, 2.45) is 0 Å². The number of hydrogen-bond donors (Lipinski definition) is 2. The largest absolute Gasteiger partial charge is 0.497 e. The van der Waals surface area contributed by atoms with Crippen molar-refractivity contribution in [3.05, 3.63) is 119 Å². The number of fused-ring (bicyclic) bond motifs is 4. The van der Waals surface area contributed by atoms with E-state index in [-0.39, 0.29) is 23.7 Å². The molecule has 1 fully saturated rings. The van der Waals surface area contributed by atoms with Gasteiger partial charge < -0.3 is 19.5 Å². The predicted octanol–water partition coefficient (Wildman–Crippen LogP) is 5.18. The van der Waals surface area contributed by atoms with E-state index in [1.54, 1.807) is 48.4 Å². The Balaban J connectivity index is 1.31. The van der Waals surface area contributed by atoms with E-state index < -0.39 is 24.0 Å². The Kier molecular flexibility index (Phi) is 5.85. The highest BCUT2D eigenvalue weighted by Gasteiger charge is 2.53. The van der Waals surface area contributed by atoms with Crippen molar-refractivity contribution < 1.29 is 23.5 Å². The average Bonchev–Trinajstić information content (AvgIpc) is 3.72. The minimum Gasteiger partial charge on any atom is -0.497 e. The standard InChI is InChI=1S/C32H26N4O5/c1-40-20-9-6-8-19(16-20)29-28-24(22-11-2-4-13-25(22)34-28)17-27-31(38)36(32(39)35(27)29)26-14-5-3-12-23(26)30(37)33-18-21-10-7-15-41-21/h2-16,27,29,34H,17-18H2,1H3,(H,33,37)/t27-,29-/m0/s1. The van der Waals surface area contributed by atoms with Crippen molar-refractivity contribution in [3.8, 4) is 5.75 Å². The molecule has 0 unspecified atom stereocenters. The summed E-state index contributed by atoms with van der Waals surface area (Å²) >= 11 is 0. The van der Waals surface area contributed by atoms with E-state index in [2.05, 4.69) is 10.3 Å². The number of anilines is 1. The molecule has 0 saturated carbocycles. The first-order chi connectivity index (χ1) is 20.0. The first kappa shape index (κ1) is 24.7. The third-order valence-electron chi connectivity index (χ3n) is 7.85. The van der Waals surface area contributed by atoms with Crippen LogP contribution in [0.1, 0.15) is 39.0 Å². The third kappa shape index (κ3) is 3.97. The van der Waals surface area contributed by atoms with Crippen molar-refractivity contribution in [1.29, 1.82) is 0 Å². The van der Waals surface area contributed by atoms with Crippen LogP contribution in [0, 0.1) is 0 Å². The molecule has 0 spiro atoms. The number of ether oxygens (including phenoxy) is 1. The van der Waals surface area contributed by atoms with Crippen LogP contribution in [0.15, 0.2) is 95.6 Å². The number of methoxy groups -OCH3 is 1.